The molecule has 0 radical (unpaired) electrons. The maximum atomic E-state index is 8.60. The van der Waals surface area contributed by atoms with E-state index >= 15 is 0 Å². The zero-order valence-corrected chi connectivity index (χ0v) is 12.4. The zero-order valence-electron chi connectivity index (χ0n) is 12.4. The molecule has 98 valence electrons. The second kappa shape index (κ2) is 7.03. The van der Waals surface area contributed by atoms with Crippen LogP contribution in [0.25, 0.3) is 0 Å². The van der Waals surface area contributed by atoms with Gasteiger partial charge in [0.1, 0.15) is 0 Å². The molecule has 17 heavy (non-hydrogen) atoms. The molecule has 0 aliphatic carbocycles. The molecule has 0 aromatic heterocycles. The molecular formula is C13H27BN2O. The van der Waals surface area contributed by atoms with E-state index in [-0.39, 0.29) is 12.4 Å². The standard InChI is InChI=1S/C13H27BN2O/c1-11(2)16(12(3)4)14(13(5,6)7)17-10-8-9-15/h11-12H,8,10H2,1-7H3. The van der Waals surface area contributed by atoms with Crippen LogP contribution in [0, 0.1) is 11.3 Å². The number of rotatable bonds is 6. The molecule has 0 spiro atoms. The molecule has 0 aliphatic heterocycles. The molecule has 0 heterocycles. The summed E-state index contributed by atoms with van der Waals surface area (Å²) in [5.74, 6) is 0. The van der Waals surface area contributed by atoms with Gasteiger partial charge in [-0.1, -0.05) is 48.5 Å². The van der Waals surface area contributed by atoms with Gasteiger partial charge in [-0.3, -0.25) is 0 Å². The molecule has 0 N–H and O–H groups in total. The Kier molecular flexibility index (Phi) is 6.81. The summed E-state index contributed by atoms with van der Waals surface area (Å²) < 4.78 is 5.94. The second-order valence-corrected chi connectivity index (χ2v) is 6.13. The van der Waals surface area contributed by atoms with Crippen molar-refractivity contribution >= 4 is 7.05 Å². The van der Waals surface area contributed by atoms with Crippen LogP contribution in [0.15, 0.2) is 0 Å². The lowest BCUT2D eigenvalue weighted by atomic mass is 9.54. The van der Waals surface area contributed by atoms with Crippen LogP contribution in [0.3, 0.4) is 0 Å². The first-order chi connectivity index (χ1) is 7.71. The molecular weight excluding hydrogens is 211 g/mol. The highest BCUT2D eigenvalue weighted by atomic mass is 16.4. The Morgan fingerprint density at radius 1 is 1.18 bits per heavy atom. The average Bonchev–Trinajstić information content (AvgIpc) is 2.13. The highest BCUT2D eigenvalue weighted by Crippen LogP contribution is 2.31. The molecule has 0 rings (SSSR count). The SMILES string of the molecule is CC(C)N(B(OCCC#N)C(C)(C)C)C(C)C. The Balaban J connectivity index is 4.82. The van der Waals surface area contributed by atoms with E-state index in [1.165, 1.54) is 0 Å². The van der Waals surface area contributed by atoms with Gasteiger partial charge in [0.2, 0.25) is 0 Å². The minimum atomic E-state index is 0.0456. The van der Waals surface area contributed by atoms with Crippen LogP contribution < -0.4 is 0 Å². The topological polar surface area (TPSA) is 36.3 Å². The lowest BCUT2D eigenvalue weighted by Gasteiger charge is -2.41. The normalized spacial score (nSPS) is 12.3. The van der Waals surface area contributed by atoms with E-state index in [1.54, 1.807) is 0 Å². The summed E-state index contributed by atoms with van der Waals surface area (Å²) >= 11 is 0. The lowest BCUT2D eigenvalue weighted by Crippen LogP contribution is -2.54. The smallest absolute Gasteiger partial charge is 0.388 e. The van der Waals surface area contributed by atoms with Crippen molar-refractivity contribution in [2.45, 2.75) is 72.3 Å². The number of nitriles is 1. The summed E-state index contributed by atoms with van der Waals surface area (Å²) in [5.41, 5.74) is 0. The van der Waals surface area contributed by atoms with E-state index in [9.17, 15) is 0 Å². The third-order valence-electron chi connectivity index (χ3n) is 2.69. The van der Waals surface area contributed by atoms with Crippen LogP contribution in [0.1, 0.15) is 54.9 Å². The van der Waals surface area contributed by atoms with Gasteiger partial charge in [-0.2, -0.15) is 5.26 Å². The molecule has 0 aromatic rings. The van der Waals surface area contributed by atoms with Gasteiger partial charge in [-0.05, 0) is 17.4 Å². The minimum absolute atomic E-state index is 0.0456. The van der Waals surface area contributed by atoms with Gasteiger partial charge >= 0.3 is 7.05 Å². The van der Waals surface area contributed by atoms with Crippen LogP contribution in [0.2, 0.25) is 5.31 Å². The first kappa shape index (κ1) is 16.5. The predicted molar refractivity (Wildman–Crippen MR) is 73.8 cm³/mol. The Morgan fingerprint density at radius 2 is 1.65 bits per heavy atom. The Morgan fingerprint density at radius 3 is 1.94 bits per heavy atom. The molecule has 0 saturated heterocycles. The van der Waals surface area contributed by atoms with Crippen LogP contribution in [0.5, 0.6) is 0 Å². The fourth-order valence-corrected chi connectivity index (χ4v) is 2.14. The fraction of sp³-hybridized carbons (Fsp3) is 0.923. The predicted octanol–water partition coefficient (Wildman–Crippen LogP) is 3.32. The number of nitrogens with zero attached hydrogens (tertiary/aromatic N) is 2. The van der Waals surface area contributed by atoms with E-state index in [4.69, 9.17) is 9.92 Å². The summed E-state index contributed by atoms with van der Waals surface area (Å²) in [4.78, 5) is 2.37. The Bertz CT molecular complexity index is 245. The van der Waals surface area contributed by atoms with Crippen LogP contribution in [0.4, 0.5) is 0 Å². The van der Waals surface area contributed by atoms with Crippen molar-refractivity contribution < 1.29 is 4.65 Å². The molecule has 0 fully saturated rings. The number of hydrogen-bond acceptors (Lipinski definition) is 3. The van der Waals surface area contributed by atoms with Crippen molar-refractivity contribution in [1.29, 1.82) is 5.26 Å². The van der Waals surface area contributed by atoms with Gasteiger partial charge in [-0.25, -0.2) is 0 Å². The van der Waals surface area contributed by atoms with Crippen molar-refractivity contribution in [3.63, 3.8) is 0 Å². The molecule has 0 atom stereocenters. The first-order valence-electron chi connectivity index (χ1n) is 6.47. The molecule has 0 bridgehead atoms. The zero-order chi connectivity index (χ0) is 13.6. The molecule has 0 aliphatic rings. The van der Waals surface area contributed by atoms with E-state index in [2.05, 4.69) is 59.3 Å². The van der Waals surface area contributed by atoms with Gasteiger partial charge in [-0.15, -0.1) is 0 Å². The monoisotopic (exact) mass is 238 g/mol. The van der Waals surface area contributed by atoms with Crippen LogP contribution >= 0.6 is 0 Å². The molecule has 0 saturated carbocycles. The second-order valence-electron chi connectivity index (χ2n) is 6.13. The third kappa shape index (κ3) is 5.56. The van der Waals surface area contributed by atoms with Crippen molar-refractivity contribution in [2.75, 3.05) is 6.61 Å². The fourth-order valence-electron chi connectivity index (χ4n) is 2.14. The van der Waals surface area contributed by atoms with E-state index in [0.717, 1.165) is 0 Å². The summed E-state index contributed by atoms with van der Waals surface area (Å²) in [6.07, 6.45) is 0.455. The van der Waals surface area contributed by atoms with Crippen molar-refractivity contribution in [2.24, 2.45) is 0 Å². The summed E-state index contributed by atoms with van der Waals surface area (Å²) in [7, 11) is 0.0517. The maximum absolute atomic E-state index is 8.60. The van der Waals surface area contributed by atoms with Crippen molar-refractivity contribution in [3.8, 4) is 6.07 Å². The molecule has 0 amide bonds. The van der Waals surface area contributed by atoms with Crippen LogP contribution in [-0.4, -0.2) is 30.6 Å². The molecule has 0 aromatic carbocycles. The molecule has 3 nitrogen and oxygen atoms in total. The van der Waals surface area contributed by atoms with E-state index in [0.29, 0.717) is 25.1 Å². The van der Waals surface area contributed by atoms with Crippen molar-refractivity contribution in [1.82, 2.24) is 4.81 Å². The quantitative estimate of drug-likeness (QED) is 0.526. The molecule has 0 unspecified atom stereocenters. The van der Waals surface area contributed by atoms with E-state index < -0.39 is 0 Å². The lowest BCUT2D eigenvalue weighted by molar-refractivity contribution is 0.197. The summed E-state index contributed by atoms with van der Waals surface area (Å²) in [5, 5.41) is 8.64. The van der Waals surface area contributed by atoms with Gasteiger partial charge in [0, 0.05) is 6.61 Å². The largest absolute Gasteiger partial charge is 0.420 e. The minimum Gasteiger partial charge on any atom is -0.420 e. The van der Waals surface area contributed by atoms with Crippen LogP contribution in [-0.2, 0) is 4.65 Å². The van der Waals surface area contributed by atoms with E-state index in [1.807, 2.05) is 0 Å². The Hall–Kier alpha value is -0.525. The highest BCUT2D eigenvalue weighted by Gasteiger charge is 2.39. The molecule has 4 heteroatoms. The Labute approximate surface area is 107 Å². The third-order valence-corrected chi connectivity index (χ3v) is 2.69. The highest BCUT2D eigenvalue weighted by molar-refractivity contribution is 6.52. The summed E-state index contributed by atoms with van der Waals surface area (Å²) in [6, 6.07) is 2.99. The van der Waals surface area contributed by atoms with Crippen molar-refractivity contribution in [3.05, 3.63) is 0 Å². The average molecular weight is 238 g/mol. The van der Waals surface area contributed by atoms with Gasteiger partial charge in [0.15, 0.2) is 0 Å². The van der Waals surface area contributed by atoms with Gasteiger partial charge in [0.05, 0.1) is 12.5 Å². The summed E-state index contributed by atoms with van der Waals surface area (Å²) in [6.45, 7) is 15.8. The first-order valence-corrected chi connectivity index (χ1v) is 6.47. The maximum Gasteiger partial charge on any atom is 0.388 e. The van der Waals surface area contributed by atoms with Gasteiger partial charge < -0.3 is 9.47 Å². The number of hydrogen-bond donors (Lipinski definition) is 0. The van der Waals surface area contributed by atoms with Gasteiger partial charge in [0.25, 0.3) is 0 Å².